The second-order valence-electron chi connectivity index (χ2n) is 34.2. The van der Waals surface area contributed by atoms with Gasteiger partial charge in [-0.3, -0.25) is 58.6 Å². The van der Waals surface area contributed by atoms with E-state index in [1.165, 1.54) is 171 Å². The van der Waals surface area contributed by atoms with Gasteiger partial charge in [0, 0.05) is 76.0 Å². The molecule has 0 spiro atoms. The van der Waals surface area contributed by atoms with Gasteiger partial charge in [-0.1, -0.05) is 0 Å². The minimum Gasteiger partial charge on any atom is -0.507 e. The summed E-state index contributed by atoms with van der Waals surface area (Å²) >= 11 is 0. The number of methoxy groups -OCH3 is 1. The van der Waals surface area contributed by atoms with Gasteiger partial charge in [-0.05, 0) is 273 Å². The minimum absolute atomic E-state index is 0.00424. The Bertz CT molecular complexity index is 7080. The lowest BCUT2D eigenvalue weighted by molar-refractivity contribution is -0.385. The number of aromatic carboxylic acids is 2. The number of phenols is 5. The standard InChI is InChI=1S/C27H27N3O9.C27H29N3O7.C27H29N3O6.C25H23N3O9/c1-14(2)38-23-11-16(25(32)28-20-10-6-17(27(34)35)12-24(20)39-15(3)4)5-9-21(23)29-26(33)19-8-7-18(30(36)37)13-22(19)31;1-14(2)36-24-11-16(27(35)37-15(3)4)5-10-21(24)30-26(34)20-9-7-18(13-23(20)32)29-25(33)19-8-6-17(28)12-22(19)31;1-15(2)35-24-13-18(27(34)36-16(3)4)7-12-22(24)30-26(33)21-11-10-20(14-23(21)31)29-25(32)17-5-8-19(28)9-6-17;1-13(2)37-22-10-14(25(32)33)4-9-19(22)27-23(30)17-7-5-15(11-20(17)29)26-24(31)18-8-6-16(28(34)35)12-21(18)36-3/h5-15,31H,1-4H3,(H,28,32)(H,29,33)(H,34,35);5-15,31-32H,28H2,1-4H3,(H,29,33)(H,30,34);5-16,31H,28H2,1-4H3,(H,29,32)(H,30,33);4-13,29H,1-3H3,(H,26,31)(H,27,30)(H,32,33). The SMILES string of the molecule is CC(C)OC(=O)c1ccc(NC(=O)c2ccc(NC(=O)c3ccc(N)cc3)cc2O)c(OC(C)C)c1.CC(C)OC(=O)c1ccc(NC(=O)c2ccc(NC(=O)c3ccc(N)cc3O)cc2O)c(OC(C)C)c1.CC(C)Oc1cc(C(=O)O)ccc1NC(=O)c1ccc(NC(=O)c2ccc([N+](=O)[O-])cc2O)c(OC(C)C)c1.COc1cc([N+](=O)[O-])ccc1C(=O)Nc1ccc(C(=O)Nc2ccc(C(=O)O)cc2OC(C)C)c(O)c1. The van der Waals surface area contributed by atoms with Crippen LogP contribution in [0.2, 0.25) is 0 Å². The Hall–Kier alpha value is -19.5. The van der Waals surface area contributed by atoms with Crippen molar-refractivity contribution in [1.29, 1.82) is 0 Å². The van der Waals surface area contributed by atoms with Crippen molar-refractivity contribution >= 4 is 139 Å². The number of nitrogens with two attached hydrogens (primary N) is 2. The van der Waals surface area contributed by atoms with Gasteiger partial charge in [0.15, 0.2) is 0 Å². The molecule has 0 unspecified atom stereocenters. The van der Waals surface area contributed by atoms with Gasteiger partial charge in [0.25, 0.3) is 58.6 Å². The number of benzene rings is 12. The molecule has 0 heterocycles. The number of rotatable bonds is 35. The molecule has 0 saturated carbocycles. The number of hydrogen-bond donors (Lipinski definition) is 17. The maximum Gasteiger partial charge on any atom is 0.338 e. The van der Waals surface area contributed by atoms with E-state index in [-0.39, 0.29) is 201 Å². The monoisotopic (exact) mass is 2040 g/mol. The van der Waals surface area contributed by atoms with Crippen molar-refractivity contribution < 1.29 is 141 Å². The molecule has 778 valence electrons. The van der Waals surface area contributed by atoms with E-state index in [9.17, 15) is 114 Å². The fourth-order valence-corrected chi connectivity index (χ4v) is 13.2. The van der Waals surface area contributed by atoms with Crippen LogP contribution in [0, 0.1) is 20.2 Å². The molecule has 0 saturated heterocycles. The number of phenolic OH excluding ortho intramolecular Hbond substituents is 5. The molecule has 0 atom stereocenters. The number of carboxylic acids is 2. The number of nitrogens with one attached hydrogen (secondary N) is 8. The molecular formula is C106H108N12O31. The number of ether oxygens (including phenoxy) is 8. The summed E-state index contributed by atoms with van der Waals surface area (Å²) in [6, 6.07) is 50.4. The molecule has 0 radical (unpaired) electrons. The molecule has 0 fully saturated rings. The van der Waals surface area contributed by atoms with Crippen LogP contribution in [0.15, 0.2) is 224 Å². The average Bonchev–Trinajstić information content (AvgIpc) is 0.827. The fraction of sp³-hybridized carbons (Fsp3) is 0.208. The summed E-state index contributed by atoms with van der Waals surface area (Å²) in [7, 11) is 1.27. The Morgan fingerprint density at radius 3 is 0.819 bits per heavy atom. The van der Waals surface area contributed by atoms with Crippen LogP contribution >= 0.6 is 0 Å². The number of nitrogen functional groups attached to an aromatic ring is 2. The first-order valence-corrected chi connectivity index (χ1v) is 45.5. The van der Waals surface area contributed by atoms with Crippen LogP contribution in [0.1, 0.15) is 221 Å². The van der Waals surface area contributed by atoms with Crippen LogP contribution in [0.5, 0.6) is 63.2 Å². The number of nitro groups is 2. The van der Waals surface area contributed by atoms with E-state index in [4.69, 9.17) is 49.4 Å². The molecule has 0 aromatic heterocycles. The van der Waals surface area contributed by atoms with Crippen molar-refractivity contribution in [3.8, 4) is 63.2 Å². The first kappa shape index (κ1) is 113. The highest BCUT2D eigenvalue weighted by molar-refractivity contribution is 6.14. The third-order valence-electron chi connectivity index (χ3n) is 19.9. The summed E-state index contributed by atoms with van der Waals surface area (Å²) in [6.07, 6.45) is -1.97. The van der Waals surface area contributed by atoms with Crippen LogP contribution in [0.25, 0.3) is 0 Å². The minimum atomic E-state index is -1.16. The normalized spacial score (nSPS) is 10.7. The van der Waals surface area contributed by atoms with E-state index in [2.05, 4.69) is 42.5 Å². The van der Waals surface area contributed by atoms with E-state index in [0.717, 1.165) is 36.4 Å². The maximum absolute atomic E-state index is 13.1. The van der Waals surface area contributed by atoms with E-state index in [1.807, 2.05) is 13.8 Å². The highest BCUT2D eigenvalue weighted by Crippen LogP contribution is 2.39. The van der Waals surface area contributed by atoms with Crippen molar-refractivity contribution in [3.05, 3.63) is 311 Å². The molecule has 8 amide bonds. The molecule has 0 aliphatic heterocycles. The first-order valence-electron chi connectivity index (χ1n) is 45.5. The summed E-state index contributed by atoms with van der Waals surface area (Å²) in [4.78, 5) is 170. The molecule has 12 aromatic rings. The summed E-state index contributed by atoms with van der Waals surface area (Å²) in [6.45, 7) is 24.7. The number of amides is 8. The van der Waals surface area contributed by atoms with E-state index in [1.54, 1.807) is 107 Å². The number of carbonyl (C=O) groups is 12. The van der Waals surface area contributed by atoms with Gasteiger partial charge in [0.2, 0.25) is 0 Å². The summed E-state index contributed by atoms with van der Waals surface area (Å²) in [5.74, 6) is -9.26. The molecule has 12 rings (SSSR count). The Morgan fingerprint density at radius 2 is 0.510 bits per heavy atom. The summed E-state index contributed by atoms with van der Waals surface area (Å²) in [5.41, 5.74) is 14.0. The van der Waals surface area contributed by atoms with Crippen LogP contribution in [0.4, 0.5) is 68.2 Å². The Morgan fingerprint density at radius 1 is 0.262 bits per heavy atom. The summed E-state index contributed by atoms with van der Waals surface area (Å²) in [5, 5.41) is 113. The number of nitrogens with zero attached hydrogens (tertiary/aromatic N) is 2. The van der Waals surface area contributed by atoms with Crippen molar-refractivity contribution in [2.24, 2.45) is 0 Å². The molecule has 43 heteroatoms. The van der Waals surface area contributed by atoms with Crippen LogP contribution in [-0.2, 0) is 9.47 Å². The molecular weight excluding hydrogens is 1940 g/mol. The van der Waals surface area contributed by atoms with Crippen LogP contribution in [-0.4, -0.2) is 167 Å². The van der Waals surface area contributed by atoms with Gasteiger partial charge in [0.1, 0.15) is 63.2 Å². The highest BCUT2D eigenvalue weighted by Gasteiger charge is 2.28. The number of esters is 2. The van der Waals surface area contributed by atoms with Gasteiger partial charge in [-0.15, -0.1) is 0 Å². The Balaban J connectivity index is 0.000000221. The Labute approximate surface area is 851 Å². The number of carbonyl (C=O) groups excluding carboxylic acids is 10. The van der Waals surface area contributed by atoms with Crippen LogP contribution < -0.4 is 82.4 Å². The molecule has 149 heavy (non-hydrogen) atoms. The number of hydrogen-bond acceptors (Lipinski definition) is 31. The van der Waals surface area contributed by atoms with Crippen molar-refractivity contribution in [2.75, 3.05) is 61.1 Å². The smallest absolute Gasteiger partial charge is 0.338 e. The third-order valence-corrected chi connectivity index (χ3v) is 19.9. The van der Waals surface area contributed by atoms with E-state index < -0.39 is 92.5 Å². The lowest BCUT2D eigenvalue weighted by Crippen LogP contribution is -2.17. The first-order chi connectivity index (χ1) is 70.3. The fourth-order valence-electron chi connectivity index (χ4n) is 13.2. The number of nitro benzene ring substituents is 2. The van der Waals surface area contributed by atoms with Gasteiger partial charge in [0.05, 0.1) is 156 Å². The quantitative estimate of drug-likeness (QED) is 0.00759. The molecule has 0 aliphatic carbocycles. The summed E-state index contributed by atoms with van der Waals surface area (Å²) < 4.78 is 44.1. The second-order valence-corrected chi connectivity index (χ2v) is 34.2. The largest absolute Gasteiger partial charge is 0.507 e. The zero-order valence-electron chi connectivity index (χ0n) is 82.9. The third kappa shape index (κ3) is 32.5. The predicted molar refractivity (Wildman–Crippen MR) is 552 cm³/mol. The molecule has 0 bridgehead atoms. The van der Waals surface area contributed by atoms with Gasteiger partial charge >= 0.3 is 23.9 Å². The maximum atomic E-state index is 13.1. The number of anilines is 10. The zero-order valence-corrected chi connectivity index (χ0v) is 82.9. The lowest BCUT2D eigenvalue weighted by atomic mass is 10.1. The molecule has 12 aromatic carbocycles. The van der Waals surface area contributed by atoms with E-state index in [0.29, 0.717) is 28.3 Å². The van der Waals surface area contributed by atoms with Gasteiger partial charge < -0.3 is 128 Å². The predicted octanol–water partition coefficient (Wildman–Crippen LogP) is 18.7. The highest BCUT2D eigenvalue weighted by atomic mass is 16.6. The topological polar surface area (TPSA) is 655 Å². The average molecular weight is 2050 g/mol. The number of carboxylic acid groups (broad SMARTS) is 2. The molecule has 19 N–H and O–H groups in total. The van der Waals surface area contributed by atoms with Crippen molar-refractivity contribution in [3.63, 3.8) is 0 Å². The Kier molecular flexibility index (Phi) is 39.0. The number of aromatic hydroxyl groups is 5. The van der Waals surface area contributed by atoms with Crippen molar-refractivity contribution in [1.82, 2.24) is 0 Å². The molecule has 43 nitrogen and oxygen atoms in total. The van der Waals surface area contributed by atoms with Crippen LogP contribution in [0.3, 0.4) is 0 Å². The second kappa shape index (κ2) is 51.4. The lowest BCUT2D eigenvalue weighted by Gasteiger charge is -2.18. The van der Waals surface area contributed by atoms with Gasteiger partial charge in [-0.25, -0.2) is 19.2 Å². The number of non-ortho nitro benzene ring substituents is 2. The van der Waals surface area contributed by atoms with Crippen molar-refractivity contribution in [2.45, 2.75) is 140 Å². The van der Waals surface area contributed by atoms with Gasteiger partial charge in [-0.2, -0.15) is 0 Å². The van der Waals surface area contributed by atoms with E-state index >= 15 is 0 Å². The zero-order chi connectivity index (χ0) is 110. The molecule has 0 aliphatic rings.